The number of hydrogen-bond acceptors (Lipinski definition) is 2. The Labute approximate surface area is 81.2 Å². The quantitative estimate of drug-likeness (QED) is 0.695. The minimum absolute atomic E-state index is 0.638. The van der Waals surface area contributed by atoms with Gasteiger partial charge in [0.2, 0.25) is 0 Å². The van der Waals surface area contributed by atoms with Crippen LogP contribution in [0.5, 0.6) is 0 Å². The number of aryl methyl sites for hydroxylation is 1. The SMILES string of the molecule is Cc1coc(-c2ccccn2)c1Cl. The molecule has 2 rings (SSSR count). The molecule has 0 N–H and O–H groups in total. The molecule has 66 valence electrons. The molecule has 3 heteroatoms. The second-order valence-corrected chi connectivity index (χ2v) is 3.15. The first-order chi connectivity index (χ1) is 6.29. The molecule has 13 heavy (non-hydrogen) atoms. The summed E-state index contributed by atoms with van der Waals surface area (Å²) in [7, 11) is 0. The highest BCUT2D eigenvalue weighted by molar-refractivity contribution is 6.33. The minimum Gasteiger partial charge on any atom is -0.461 e. The van der Waals surface area contributed by atoms with Crippen LogP contribution in [0.15, 0.2) is 35.1 Å². The highest BCUT2D eigenvalue weighted by Gasteiger charge is 2.10. The van der Waals surface area contributed by atoms with Gasteiger partial charge in [0.25, 0.3) is 0 Å². The largest absolute Gasteiger partial charge is 0.461 e. The van der Waals surface area contributed by atoms with Gasteiger partial charge in [0, 0.05) is 11.8 Å². The summed E-state index contributed by atoms with van der Waals surface area (Å²) in [6.07, 6.45) is 3.34. The molecule has 0 saturated heterocycles. The highest BCUT2D eigenvalue weighted by Crippen LogP contribution is 2.30. The Bertz CT molecular complexity index is 408. The summed E-state index contributed by atoms with van der Waals surface area (Å²) >= 11 is 6.01. The Kier molecular flexibility index (Phi) is 2.07. The minimum atomic E-state index is 0.638. The first-order valence-corrected chi connectivity index (χ1v) is 4.32. The number of furan rings is 1. The Hall–Kier alpha value is -1.28. The lowest BCUT2D eigenvalue weighted by molar-refractivity contribution is 0.578. The van der Waals surface area contributed by atoms with Gasteiger partial charge in [-0.05, 0) is 19.1 Å². The summed E-state index contributed by atoms with van der Waals surface area (Å²) in [6, 6.07) is 5.62. The predicted molar refractivity (Wildman–Crippen MR) is 51.7 cm³/mol. The molecule has 2 heterocycles. The van der Waals surface area contributed by atoms with Crippen molar-refractivity contribution in [1.29, 1.82) is 0 Å². The third-order valence-corrected chi connectivity index (χ3v) is 2.27. The molecule has 0 fully saturated rings. The van der Waals surface area contributed by atoms with Gasteiger partial charge in [0.05, 0.1) is 11.3 Å². The molecular weight excluding hydrogens is 186 g/mol. The number of nitrogens with zero attached hydrogens (tertiary/aromatic N) is 1. The van der Waals surface area contributed by atoms with Gasteiger partial charge in [0.1, 0.15) is 5.69 Å². The van der Waals surface area contributed by atoms with Crippen LogP contribution in [0.25, 0.3) is 11.5 Å². The van der Waals surface area contributed by atoms with Crippen molar-refractivity contribution in [3.05, 3.63) is 41.2 Å². The van der Waals surface area contributed by atoms with Crippen molar-refractivity contribution in [3.63, 3.8) is 0 Å². The van der Waals surface area contributed by atoms with Crippen molar-refractivity contribution in [2.75, 3.05) is 0 Å². The van der Waals surface area contributed by atoms with Crippen molar-refractivity contribution in [3.8, 4) is 11.5 Å². The van der Waals surface area contributed by atoms with E-state index in [2.05, 4.69) is 4.98 Å². The van der Waals surface area contributed by atoms with Gasteiger partial charge in [-0.15, -0.1) is 0 Å². The van der Waals surface area contributed by atoms with Crippen LogP contribution in [0.3, 0.4) is 0 Å². The van der Waals surface area contributed by atoms with Crippen LogP contribution >= 0.6 is 11.6 Å². The molecule has 0 bridgehead atoms. The molecule has 0 radical (unpaired) electrons. The van der Waals surface area contributed by atoms with Crippen LogP contribution in [0.2, 0.25) is 5.02 Å². The van der Waals surface area contributed by atoms with E-state index in [4.69, 9.17) is 16.0 Å². The van der Waals surface area contributed by atoms with E-state index >= 15 is 0 Å². The molecule has 2 aromatic heterocycles. The second kappa shape index (κ2) is 3.23. The lowest BCUT2D eigenvalue weighted by Crippen LogP contribution is -1.79. The Balaban J connectivity index is 2.53. The number of pyridine rings is 1. The van der Waals surface area contributed by atoms with Gasteiger partial charge in [-0.2, -0.15) is 0 Å². The van der Waals surface area contributed by atoms with Gasteiger partial charge in [-0.1, -0.05) is 17.7 Å². The van der Waals surface area contributed by atoms with E-state index in [1.807, 2.05) is 25.1 Å². The summed E-state index contributed by atoms with van der Waals surface area (Å²) < 4.78 is 5.29. The van der Waals surface area contributed by atoms with E-state index in [1.165, 1.54) is 0 Å². The molecule has 0 aliphatic carbocycles. The van der Waals surface area contributed by atoms with E-state index in [1.54, 1.807) is 12.5 Å². The van der Waals surface area contributed by atoms with Crippen molar-refractivity contribution in [1.82, 2.24) is 4.98 Å². The fourth-order valence-electron chi connectivity index (χ4n) is 1.10. The summed E-state index contributed by atoms with van der Waals surface area (Å²) in [5.74, 6) is 0.639. The van der Waals surface area contributed by atoms with Gasteiger partial charge in [0.15, 0.2) is 5.76 Å². The van der Waals surface area contributed by atoms with Crippen LogP contribution in [-0.2, 0) is 0 Å². The van der Waals surface area contributed by atoms with Crippen LogP contribution in [0, 0.1) is 6.92 Å². The van der Waals surface area contributed by atoms with Gasteiger partial charge >= 0.3 is 0 Å². The smallest absolute Gasteiger partial charge is 0.171 e. The van der Waals surface area contributed by atoms with Crippen molar-refractivity contribution in [2.45, 2.75) is 6.92 Å². The average Bonchev–Trinajstić information content (AvgIpc) is 2.49. The molecule has 0 saturated carbocycles. The van der Waals surface area contributed by atoms with E-state index in [0.29, 0.717) is 10.8 Å². The molecule has 0 unspecified atom stereocenters. The first kappa shape index (κ1) is 8.32. The zero-order valence-corrected chi connectivity index (χ0v) is 7.88. The predicted octanol–water partition coefficient (Wildman–Crippen LogP) is 3.30. The standard InChI is InChI=1S/C10H8ClNO/c1-7-6-13-10(9(7)11)8-4-2-3-5-12-8/h2-6H,1H3. The molecule has 2 nitrogen and oxygen atoms in total. The van der Waals surface area contributed by atoms with Gasteiger partial charge in [-0.3, -0.25) is 4.98 Å². The average molecular weight is 194 g/mol. The first-order valence-electron chi connectivity index (χ1n) is 3.94. The summed E-state index contributed by atoms with van der Waals surface area (Å²) in [4.78, 5) is 4.14. The normalized spacial score (nSPS) is 10.3. The number of halogens is 1. The monoisotopic (exact) mass is 193 g/mol. The number of hydrogen-bond donors (Lipinski definition) is 0. The topological polar surface area (TPSA) is 26.0 Å². The van der Waals surface area contributed by atoms with Crippen LogP contribution < -0.4 is 0 Å². The van der Waals surface area contributed by atoms with Gasteiger partial charge in [-0.25, -0.2) is 0 Å². The molecule has 0 amide bonds. The molecule has 0 atom stereocenters. The maximum atomic E-state index is 6.01. The molecule has 2 aromatic rings. The fraction of sp³-hybridized carbons (Fsp3) is 0.100. The van der Waals surface area contributed by atoms with E-state index in [0.717, 1.165) is 11.3 Å². The summed E-state index contributed by atoms with van der Waals surface area (Å²) in [6.45, 7) is 1.90. The second-order valence-electron chi connectivity index (χ2n) is 2.78. The Morgan fingerprint density at radius 2 is 2.23 bits per heavy atom. The molecule has 0 spiro atoms. The number of rotatable bonds is 1. The highest BCUT2D eigenvalue weighted by atomic mass is 35.5. The van der Waals surface area contributed by atoms with E-state index in [-0.39, 0.29) is 0 Å². The molecule has 0 aliphatic rings. The van der Waals surface area contributed by atoms with Crippen LogP contribution in [0.4, 0.5) is 0 Å². The fourth-order valence-corrected chi connectivity index (χ4v) is 1.29. The van der Waals surface area contributed by atoms with Crippen molar-refractivity contribution >= 4 is 11.6 Å². The molecule has 0 aliphatic heterocycles. The lowest BCUT2D eigenvalue weighted by Gasteiger charge is -1.94. The lowest BCUT2D eigenvalue weighted by atomic mass is 10.2. The zero-order valence-electron chi connectivity index (χ0n) is 7.12. The van der Waals surface area contributed by atoms with Crippen molar-refractivity contribution in [2.24, 2.45) is 0 Å². The zero-order chi connectivity index (χ0) is 9.26. The van der Waals surface area contributed by atoms with Gasteiger partial charge < -0.3 is 4.42 Å². The van der Waals surface area contributed by atoms with Crippen molar-refractivity contribution < 1.29 is 4.42 Å². The summed E-state index contributed by atoms with van der Waals surface area (Å²) in [5.41, 5.74) is 1.70. The third kappa shape index (κ3) is 1.45. The number of aromatic nitrogens is 1. The molecular formula is C10H8ClNO. The molecule has 0 aromatic carbocycles. The maximum Gasteiger partial charge on any atom is 0.171 e. The third-order valence-electron chi connectivity index (χ3n) is 1.80. The Morgan fingerprint density at radius 1 is 1.38 bits per heavy atom. The van der Waals surface area contributed by atoms with E-state index < -0.39 is 0 Å². The van der Waals surface area contributed by atoms with E-state index in [9.17, 15) is 0 Å². The van der Waals surface area contributed by atoms with Crippen LogP contribution in [-0.4, -0.2) is 4.98 Å². The summed E-state index contributed by atoms with van der Waals surface area (Å²) in [5, 5.41) is 0.638. The Morgan fingerprint density at radius 3 is 2.77 bits per heavy atom. The van der Waals surface area contributed by atoms with Crippen LogP contribution in [0.1, 0.15) is 5.56 Å². The maximum absolute atomic E-state index is 6.01.